The lowest BCUT2D eigenvalue weighted by Crippen LogP contribution is -2.30. The Kier molecular flexibility index (Phi) is 10.1. The Morgan fingerprint density at radius 3 is 2.37 bits per heavy atom. The standard InChI is InChI=1S/C20H32F2O5/c1-2-3-12-20(21,22)18(25)11-10-15-14(16(23)13-17(15)24)8-6-4-5-7-9-19(26)27/h14-15,17,24H,2-13H2,1H3,(H,26,27). The number of hydrogen-bond acceptors (Lipinski definition) is 4. The quantitative estimate of drug-likeness (QED) is 0.435. The van der Waals surface area contributed by atoms with E-state index in [0.717, 1.165) is 19.3 Å². The first kappa shape index (κ1) is 23.7. The van der Waals surface area contributed by atoms with Crippen LogP contribution in [0.5, 0.6) is 0 Å². The smallest absolute Gasteiger partial charge is 0.305 e. The van der Waals surface area contributed by atoms with Gasteiger partial charge in [-0.05, 0) is 31.6 Å². The average molecular weight is 390 g/mol. The lowest BCUT2D eigenvalue weighted by atomic mass is 9.85. The van der Waals surface area contributed by atoms with E-state index < -0.39 is 42.0 Å². The van der Waals surface area contributed by atoms with E-state index in [2.05, 4.69) is 0 Å². The van der Waals surface area contributed by atoms with Crippen molar-refractivity contribution in [3.05, 3.63) is 0 Å². The summed E-state index contributed by atoms with van der Waals surface area (Å²) in [6.07, 6.45) is 2.89. The summed E-state index contributed by atoms with van der Waals surface area (Å²) >= 11 is 0. The van der Waals surface area contributed by atoms with E-state index >= 15 is 0 Å². The van der Waals surface area contributed by atoms with Crippen molar-refractivity contribution in [1.29, 1.82) is 0 Å². The van der Waals surface area contributed by atoms with Gasteiger partial charge in [0, 0.05) is 31.6 Å². The largest absolute Gasteiger partial charge is 0.481 e. The molecule has 3 atom stereocenters. The molecule has 0 aromatic rings. The van der Waals surface area contributed by atoms with Crippen LogP contribution in [0.1, 0.15) is 84.0 Å². The number of hydrogen-bond donors (Lipinski definition) is 2. The summed E-state index contributed by atoms with van der Waals surface area (Å²) in [5, 5.41) is 18.7. The predicted molar refractivity (Wildman–Crippen MR) is 96.7 cm³/mol. The van der Waals surface area contributed by atoms with E-state index in [4.69, 9.17) is 5.11 Å². The van der Waals surface area contributed by atoms with E-state index in [9.17, 15) is 28.3 Å². The number of halogens is 2. The summed E-state index contributed by atoms with van der Waals surface area (Å²) in [6.45, 7) is 1.79. The van der Waals surface area contributed by atoms with E-state index in [-0.39, 0.29) is 37.9 Å². The summed E-state index contributed by atoms with van der Waals surface area (Å²) in [4.78, 5) is 34.4. The zero-order valence-electron chi connectivity index (χ0n) is 16.1. The number of unbranched alkanes of at least 4 members (excludes halogenated alkanes) is 4. The van der Waals surface area contributed by atoms with Gasteiger partial charge in [-0.15, -0.1) is 0 Å². The van der Waals surface area contributed by atoms with Gasteiger partial charge >= 0.3 is 11.9 Å². The van der Waals surface area contributed by atoms with Gasteiger partial charge in [0.1, 0.15) is 5.78 Å². The third-order valence-electron chi connectivity index (χ3n) is 5.45. The van der Waals surface area contributed by atoms with Gasteiger partial charge in [-0.3, -0.25) is 14.4 Å². The van der Waals surface area contributed by atoms with Crippen LogP contribution in [-0.2, 0) is 14.4 Å². The second kappa shape index (κ2) is 11.5. The molecule has 27 heavy (non-hydrogen) atoms. The molecule has 156 valence electrons. The highest BCUT2D eigenvalue weighted by Crippen LogP contribution is 2.37. The Bertz CT molecular complexity index is 507. The molecule has 0 aromatic carbocycles. The number of rotatable bonds is 14. The molecule has 3 unspecified atom stereocenters. The number of ketones is 2. The van der Waals surface area contributed by atoms with Crippen molar-refractivity contribution in [3.63, 3.8) is 0 Å². The van der Waals surface area contributed by atoms with Crippen molar-refractivity contribution in [2.75, 3.05) is 0 Å². The molecule has 1 saturated carbocycles. The molecule has 0 spiro atoms. The van der Waals surface area contributed by atoms with Crippen LogP contribution in [-0.4, -0.2) is 39.8 Å². The molecule has 1 aliphatic rings. The predicted octanol–water partition coefficient (Wildman–Crippen LogP) is 4.15. The normalized spacial score (nSPS) is 23.0. The molecule has 1 rings (SSSR count). The maximum atomic E-state index is 13.8. The van der Waals surface area contributed by atoms with Gasteiger partial charge in [-0.2, -0.15) is 8.78 Å². The van der Waals surface area contributed by atoms with Gasteiger partial charge in [0.25, 0.3) is 0 Å². The fraction of sp³-hybridized carbons (Fsp3) is 0.850. The molecule has 0 heterocycles. The molecule has 0 aliphatic heterocycles. The summed E-state index contributed by atoms with van der Waals surface area (Å²) in [7, 11) is 0. The van der Waals surface area contributed by atoms with E-state index in [0.29, 0.717) is 19.3 Å². The van der Waals surface area contributed by atoms with Crippen LogP contribution < -0.4 is 0 Å². The van der Waals surface area contributed by atoms with Gasteiger partial charge in [0.15, 0.2) is 0 Å². The number of alkyl halides is 2. The Morgan fingerprint density at radius 2 is 1.74 bits per heavy atom. The molecular weight excluding hydrogens is 358 g/mol. The highest BCUT2D eigenvalue weighted by molar-refractivity contribution is 5.86. The number of aliphatic hydroxyl groups excluding tert-OH is 1. The maximum Gasteiger partial charge on any atom is 0.305 e. The minimum Gasteiger partial charge on any atom is -0.481 e. The van der Waals surface area contributed by atoms with Gasteiger partial charge in [0.2, 0.25) is 5.78 Å². The SMILES string of the molecule is CCCCC(F)(F)C(=O)CCC1C(O)CC(=O)C1CCCCCCC(=O)O. The zero-order valence-corrected chi connectivity index (χ0v) is 16.1. The second-order valence-electron chi connectivity index (χ2n) is 7.62. The first-order chi connectivity index (χ1) is 12.7. The molecule has 2 N–H and O–H groups in total. The Hall–Kier alpha value is -1.37. The van der Waals surface area contributed by atoms with Crippen LogP contribution in [0.3, 0.4) is 0 Å². The van der Waals surface area contributed by atoms with Crippen LogP contribution in [0.4, 0.5) is 8.78 Å². The summed E-state index contributed by atoms with van der Waals surface area (Å²) in [5.41, 5.74) is 0. The molecule has 0 aromatic heterocycles. The Labute approximate surface area is 159 Å². The lowest BCUT2D eigenvalue weighted by molar-refractivity contribution is -0.144. The van der Waals surface area contributed by atoms with Crippen LogP contribution in [0.25, 0.3) is 0 Å². The van der Waals surface area contributed by atoms with E-state index in [1.54, 1.807) is 6.92 Å². The first-order valence-corrected chi connectivity index (χ1v) is 10.0. The number of aliphatic carboxylic acids is 1. The minimum atomic E-state index is -3.33. The topological polar surface area (TPSA) is 91.7 Å². The van der Waals surface area contributed by atoms with Crippen molar-refractivity contribution < 1.29 is 33.4 Å². The summed E-state index contributed by atoms with van der Waals surface area (Å²) in [5.74, 6) is -6.16. The molecule has 0 bridgehead atoms. The maximum absolute atomic E-state index is 13.8. The van der Waals surface area contributed by atoms with Crippen LogP contribution in [0, 0.1) is 11.8 Å². The number of carboxylic acid groups (broad SMARTS) is 1. The highest BCUT2D eigenvalue weighted by atomic mass is 19.3. The molecule has 7 heteroatoms. The molecule has 0 saturated heterocycles. The van der Waals surface area contributed by atoms with Crippen molar-refractivity contribution in [1.82, 2.24) is 0 Å². The van der Waals surface area contributed by atoms with Crippen molar-refractivity contribution in [2.45, 2.75) is 96.0 Å². The van der Waals surface area contributed by atoms with Gasteiger partial charge in [0.05, 0.1) is 6.10 Å². The average Bonchev–Trinajstić information content (AvgIpc) is 2.86. The van der Waals surface area contributed by atoms with Gasteiger partial charge in [-0.1, -0.05) is 32.6 Å². The summed E-state index contributed by atoms with van der Waals surface area (Å²) in [6, 6.07) is 0. The molecule has 0 amide bonds. The monoisotopic (exact) mass is 390 g/mol. The van der Waals surface area contributed by atoms with Gasteiger partial charge < -0.3 is 10.2 Å². The molecule has 0 radical (unpaired) electrons. The molecular formula is C20H32F2O5. The number of carbonyl (C=O) groups excluding carboxylic acids is 2. The van der Waals surface area contributed by atoms with Crippen LogP contribution in [0.2, 0.25) is 0 Å². The second-order valence-corrected chi connectivity index (χ2v) is 7.62. The van der Waals surface area contributed by atoms with Crippen LogP contribution >= 0.6 is 0 Å². The molecule has 1 aliphatic carbocycles. The fourth-order valence-corrected chi connectivity index (χ4v) is 3.80. The van der Waals surface area contributed by atoms with Crippen LogP contribution in [0.15, 0.2) is 0 Å². The third-order valence-corrected chi connectivity index (χ3v) is 5.45. The van der Waals surface area contributed by atoms with Crippen molar-refractivity contribution >= 4 is 17.5 Å². The number of carbonyl (C=O) groups is 3. The van der Waals surface area contributed by atoms with Crippen molar-refractivity contribution in [3.8, 4) is 0 Å². The van der Waals surface area contributed by atoms with E-state index in [1.807, 2.05) is 0 Å². The number of aliphatic hydroxyl groups is 1. The molecule has 5 nitrogen and oxygen atoms in total. The fourth-order valence-electron chi connectivity index (χ4n) is 3.80. The Balaban J connectivity index is 2.45. The summed E-state index contributed by atoms with van der Waals surface area (Å²) < 4.78 is 27.6. The molecule has 1 fully saturated rings. The lowest BCUT2D eigenvalue weighted by Gasteiger charge is -2.22. The highest BCUT2D eigenvalue weighted by Gasteiger charge is 2.43. The number of Topliss-reactive ketones (excluding diaryl/α,β-unsaturated/α-hetero) is 2. The van der Waals surface area contributed by atoms with E-state index in [1.165, 1.54) is 0 Å². The Morgan fingerprint density at radius 1 is 1.07 bits per heavy atom. The number of carboxylic acids is 1. The first-order valence-electron chi connectivity index (χ1n) is 10.0. The third kappa shape index (κ3) is 8.03. The van der Waals surface area contributed by atoms with Crippen molar-refractivity contribution in [2.24, 2.45) is 11.8 Å². The van der Waals surface area contributed by atoms with Gasteiger partial charge in [-0.25, -0.2) is 0 Å². The zero-order chi connectivity index (χ0) is 20.4. The minimum absolute atomic E-state index is 0.0226.